The molecule has 0 aromatic heterocycles. The molecule has 0 atom stereocenters. The van der Waals surface area contributed by atoms with E-state index < -0.39 is 5.97 Å². The monoisotopic (exact) mass is 180 g/mol. The maximum absolute atomic E-state index is 10.6. The van der Waals surface area contributed by atoms with Crippen LogP contribution in [0.3, 0.4) is 0 Å². The third-order valence-electron chi connectivity index (χ3n) is 1.48. The van der Waals surface area contributed by atoms with E-state index in [1.165, 1.54) is 12.1 Å². The van der Waals surface area contributed by atoms with Crippen LogP contribution in [0.4, 0.5) is 0 Å². The molecule has 0 spiro atoms. The summed E-state index contributed by atoms with van der Waals surface area (Å²) in [6.07, 6.45) is 0. The summed E-state index contributed by atoms with van der Waals surface area (Å²) < 4.78 is 4.53. The Morgan fingerprint density at radius 2 is 2.15 bits per heavy atom. The van der Waals surface area contributed by atoms with Gasteiger partial charge in [0.25, 0.3) is 6.47 Å². The van der Waals surface area contributed by atoms with Gasteiger partial charge in [0, 0.05) is 0 Å². The van der Waals surface area contributed by atoms with Gasteiger partial charge in [-0.05, 0) is 30.7 Å². The van der Waals surface area contributed by atoms with Crippen molar-refractivity contribution < 1.29 is 19.4 Å². The van der Waals surface area contributed by atoms with Gasteiger partial charge in [-0.1, -0.05) is 0 Å². The number of aromatic carboxylic acids is 1. The van der Waals surface area contributed by atoms with Crippen molar-refractivity contribution in [1.82, 2.24) is 0 Å². The van der Waals surface area contributed by atoms with E-state index in [4.69, 9.17) is 5.11 Å². The van der Waals surface area contributed by atoms with E-state index in [0.29, 0.717) is 0 Å². The van der Waals surface area contributed by atoms with Gasteiger partial charge >= 0.3 is 5.97 Å². The molecule has 4 heteroatoms. The molecule has 1 aromatic rings. The van der Waals surface area contributed by atoms with Crippen molar-refractivity contribution in [2.75, 3.05) is 0 Å². The lowest BCUT2D eigenvalue weighted by Crippen LogP contribution is -1.98. The van der Waals surface area contributed by atoms with Crippen molar-refractivity contribution in [3.63, 3.8) is 0 Å². The van der Waals surface area contributed by atoms with Gasteiger partial charge in [-0.25, -0.2) is 4.79 Å². The number of aryl methyl sites for hydroxylation is 1. The highest BCUT2D eigenvalue weighted by Crippen LogP contribution is 2.16. The van der Waals surface area contributed by atoms with Crippen molar-refractivity contribution in [1.29, 1.82) is 0 Å². The Morgan fingerprint density at radius 3 is 2.69 bits per heavy atom. The Hall–Kier alpha value is -1.84. The van der Waals surface area contributed by atoms with Crippen LogP contribution < -0.4 is 4.74 Å². The summed E-state index contributed by atoms with van der Waals surface area (Å²) in [6.45, 7) is 1.99. The highest BCUT2D eigenvalue weighted by molar-refractivity contribution is 5.88. The maximum Gasteiger partial charge on any atom is 0.335 e. The van der Waals surface area contributed by atoms with Gasteiger partial charge in [0.15, 0.2) is 0 Å². The van der Waals surface area contributed by atoms with Gasteiger partial charge in [0.2, 0.25) is 0 Å². The van der Waals surface area contributed by atoms with E-state index in [1.54, 1.807) is 13.0 Å². The van der Waals surface area contributed by atoms with Gasteiger partial charge in [-0.2, -0.15) is 0 Å². The lowest BCUT2D eigenvalue weighted by Gasteiger charge is -2.01. The molecule has 0 amide bonds. The molecule has 0 heterocycles. The number of hydrogen-bond donors (Lipinski definition) is 1. The summed E-state index contributed by atoms with van der Waals surface area (Å²) in [6, 6.07) is 4.38. The molecule has 68 valence electrons. The SMILES string of the molecule is Cc1cc(OC=O)cc(C(=O)O)c1. The zero-order chi connectivity index (χ0) is 9.84. The van der Waals surface area contributed by atoms with Crippen LogP contribution >= 0.6 is 0 Å². The summed E-state index contributed by atoms with van der Waals surface area (Å²) >= 11 is 0. The van der Waals surface area contributed by atoms with Crippen LogP contribution in [0.15, 0.2) is 18.2 Å². The van der Waals surface area contributed by atoms with E-state index in [0.717, 1.165) is 5.56 Å². The Bertz CT molecular complexity index is 343. The number of carboxylic acid groups (broad SMARTS) is 1. The predicted octanol–water partition coefficient (Wildman–Crippen LogP) is 1.23. The number of carbonyl (C=O) groups is 2. The van der Waals surface area contributed by atoms with Crippen LogP contribution in [-0.2, 0) is 4.79 Å². The Balaban J connectivity index is 3.10. The number of hydrogen-bond acceptors (Lipinski definition) is 3. The largest absolute Gasteiger partial charge is 0.478 e. The fourth-order valence-electron chi connectivity index (χ4n) is 0.995. The molecule has 0 fully saturated rings. The molecular formula is C9H8O4. The minimum Gasteiger partial charge on any atom is -0.478 e. The number of ether oxygens (including phenoxy) is 1. The molecule has 0 aliphatic heterocycles. The highest BCUT2D eigenvalue weighted by atomic mass is 16.5. The average molecular weight is 180 g/mol. The molecule has 1 aromatic carbocycles. The fourth-order valence-corrected chi connectivity index (χ4v) is 0.995. The predicted molar refractivity (Wildman–Crippen MR) is 44.8 cm³/mol. The van der Waals surface area contributed by atoms with Crippen LogP contribution in [-0.4, -0.2) is 17.5 Å². The summed E-state index contributed by atoms with van der Waals surface area (Å²) in [7, 11) is 0. The standard InChI is InChI=1S/C9H8O4/c1-6-2-7(9(11)12)4-8(3-6)13-5-10/h2-5H,1H3,(H,11,12). The third-order valence-corrected chi connectivity index (χ3v) is 1.48. The lowest BCUT2D eigenvalue weighted by atomic mass is 10.1. The molecule has 4 nitrogen and oxygen atoms in total. The average Bonchev–Trinajstić information content (AvgIpc) is 2.03. The molecule has 1 rings (SSSR count). The fraction of sp³-hybridized carbons (Fsp3) is 0.111. The van der Waals surface area contributed by atoms with Crippen molar-refractivity contribution in [3.05, 3.63) is 29.3 Å². The molecule has 0 aliphatic rings. The number of rotatable bonds is 3. The van der Waals surface area contributed by atoms with E-state index in [-0.39, 0.29) is 17.8 Å². The Labute approximate surface area is 74.8 Å². The minimum atomic E-state index is -1.04. The summed E-state index contributed by atoms with van der Waals surface area (Å²) in [5, 5.41) is 8.66. The Kier molecular flexibility index (Phi) is 2.64. The molecular weight excluding hydrogens is 172 g/mol. The second kappa shape index (κ2) is 3.71. The van der Waals surface area contributed by atoms with Gasteiger partial charge in [0.1, 0.15) is 5.75 Å². The maximum atomic E-state index is 10.6. The van der Waals surface area contributed by atoms with Gasteiger partial charge in [-0.15, -0.1) is 0 Å². The van der Waals surface area contributed by atoms with Crippen LogP contribution in [0.25, 0.3) is 0 Å². The van der Waals surface area contributed by atoms with Crippen LogP contribution in [0.2, 0.25) is 0 Å². The lowest BCUT2D eigenvalue weighted by molar-refractivity contribution is -0.120. The smallest absolute Gasteiger partial charge is 0.335 e. The zero-order valence-corrected chi connectivity index (χ0v) is 6.98. The number of carbonyl (C=O) groups excluding carboxylic acids is 1. The van der Waals surface area contributed by atoms with E-state index >= 15 is 0 Å². The van der Waals surface area contributed by atoms with Crippen LogP contribution in [0, 0.1) is 6.92 Å². The topological polar surface area (TPSA) is 63.6 Å². The van der Waals surface area contributed by atoms with Crippen molar-refractivity contribution in [2.24, 2.45) is 0 Å². The number of carboxylic acids is 1. The molecule has 0 saturated carbocycles. The van der Waals surface area contributed by atoms with Crippen molar-refractivity contribution in [3.8, 4) is 5.75 Å². The zero-order valence-electron chi connectivity index (χ0n) is 6.98. The van der Waals surface area contributed by atoms with Crippen molar-refractivity contribution in [2.45, 2.75) is 6.92 Å². The third kappa shape index (κ3) is 2.30. The van der Waals surface area contributed by atoms with Crippen molar-refractivity contribution >= 4 is 12.4 Å². The second-order valence-corrected chi connectivity index (χ2v) is 2.55. The second-order valence-electron chi connectivity index (χ2n) is 2.55. The first-order valence-electron chi connectivity index (χ1n) is 3.59. The number of benzene rings is 1. The molecule has 1 N–H and O–H groups in total. The summed E-state index contributed by atoms with van der Waals surface area (Å²) in [4.78, 5) is 20.6. The van der Waals surface area contributed by atoms with E-state index in [2.05, 4.69) is 4.74 Å². The highest BCUT2D eigenvalue weighted by Gasteiger charge is 2.05. The van der Waals surface area contributed by atoms with Gasteiger partial charge in [0.05, 0.1) is 5.56 Å². The van der Waals surface area contributed by atoms with Gasteiger partial charge in [-0.3, -0.25) is 4.79 Å². The van der Waals surface area contributed by atoms with Gasteiger partial charge < -0.3 is 9.84 Å². The Morgan fingerprint density at radius 1 is 1.46 bits per heavy atom. The quantitative estimate of drug-likeness (QED) is 0.710. The van der Waals surface area contributed by atoms with E-state index in [1.807, 2.05) is 0 Å². The molecule has 13 heavy (non-hydrogen) atoms. The molecule has 0 saturated heterocycles. The molecule has 0 bridgehead atoms. The van der Waals surface area contributed by atoms with E-state index in [9.17, 15) is 9.59 Å². The normalized spacial score (nSPS) is 9.31. The molecule has 0 aliphatic carbocycles. The first-order chi connectivity index (χ1) is 6.13. The van der Waals surface area contributed by atoms with Crippen LogP contribution in [0.5, 0.6) is 5.75 Å². The summed E-state index contributed by atoms with van der Waals surface area (Å²) in [5.74, 6) is -0.799. The summed E-state index contributed by atoms with van der Waals surface area (Å²) in [5.41, 5.74) is 0.841. The minimum absolute atomic E-state index is 0.108. The molecule has 0 radical (unpaired) electrons. The first-order valence-corrected chi connectivity index (χ1v) is 3.59. The van der Waals surface area contributed by atoms with Crippen LogP contribution in [0.1, 0.15) is 15.9 Å². The first kappa shape index (κ1) is 9.25. The molecule has 0 unspecified atom stereocenters.